The van der Waals surface area contributed by atoms with Crippen LogP contribution in [0.4, 0.5) is 0 Å². The van der Waals surface area contributed by atoms with Crippen LogP contribution >= 0.6 is 10.7 Å². The van der Waals surface area contributed by atoms with E-state index in [2.05, 4.69) is 0 Å². The monoisotopic (exact) mass is 298 g/mol. The minimum atomic E-state index is -4.05. The van der Waals surface area contributed by atoms with Gasteiger partial charge in [0.05, 0.1) is 17.8 Å². The smallest absolute Gasteiger partial charge is 0.265 e. The molecule has 0 unspecified atom stereocenters. The van der Waals surface area contributed by atoms with E-state index < -0.39 is 18.9 Å². The third kappa shape index (κ3) is 3.11. The third-order valence-corrected chi connectivity index (χ3v) is 5.21. The molecule has 0 radical (unpaired) electrons. The first-order valence-electron chi connectivity index (χ1n) is 4.58. The van der Waals surface area contributed by atoms with Crippen LogP contribution in [0.3, 0.4) is 0 Å². The highest BCUT2D eigenvalue weighted by Crippen LogP contribution is 2.29. The minimum absolute atomic E-state index is 0.00931. The topological polar surface area (TPSA) is 77.5 Å². The van der Waals surface area contributed by atoms with Crippen LogP contribution in [0, 0.1) is 0 Å². The highest BCUT2D eigenvalue weighted by atomic mass is 35.7. The molecule has 0 heterocycles. The number of hydrogen-bond donors (Lipinski definition) is 0. The predicted octanol–water partition coefficient (Wildman–Crippen LogP) is 1.42. The first-order chi connectivity index (χ1) is 7.72. The van der Waals surface area contributed by atoms with Crippen LogP contribution in [0.5, 0.6) is 5.75 Å². The molecule has 8 heteroatoms. The summed E-state index contributed by atoms with van der Waals surface area (Å²) < 4.78 is 50.6. The summed E-state index contributed by atoms with van der Waals surface area (Å²) in [5.41, 5.74) is 0. The van der Waals surface area contributed by atoms with Crippen LogP contribution in [0.15, 0.2) is 28.0 Å². The van der Waals surface area contributed by atoms with Gasteiger partial charge in [-0.2, -0.15) is 0 Å². The Hall–Kier alpha value is -0.790. The summed E-state index contributed by atoms with van der Waals surface area (Å²) in [4.78, 5) is -0.448. The van der Waals surface area contributed by atoms with E-state index in [9.17, 15) is 16.8 Å². The number of halogens is 1. The van der Waals surface area contributed by atoms with E-state index in [-0.39, 0.29) is 21.3 Å². The van der Waals surface area contributed by atoms with Crippen LogP contribution in [0.1, 0.15) is 6.92 Å². The van der Waals surface area contributed by atoms with E-state index in [0.29, 0.717) is 0 Å². The van der Waals surface area contributed by atoms with Crippen molar-refractivity contribution in [2.75, 3.05) is 12.9 Å². The molecule has 96 valence electrons. The zero-order chi connectivity index (χ0) is 13.3. The van der Waals surface area contributed by atoms with Crippen molar-refractivity contribution in [3.05, 3.63) is 18.2 Å². The Kier molecular flexibility index (Phi) is 4.06. The molecule has 1 aromatic rings. The lowest BCUT2D eigenvalue weighted by Crippen LogP contribution is -2.05. The number of methoxy groups -OCH3 is 1. The third-order valence-electron chi connectivity index (χ3n) is 2.14. The second-order valence-corrected chi connectivity index (χ2v) is 7.97. The van der Waals surface area contributed by atoms with Crippen molar-refractivity contribution in [3.8, 4) is 5.75 Å². The number of sulfone groups is 1. The van der Waals surface area contributed by atoms with Crippen LogP contribution in [0.25, 0.3) is 0 Å². The lowest BCUT2D eigenvalue weighted by molar-refractivity contribution is 0.402. The molecule has 0 aliphatic heterocycles. The fourth-order valence-corrected chi connectivity index (χ4v) is 3.21. The van der Waals surface area contributed by atoms with E-state index in [1.807, 2.05) is 0 Å². The van der Waals surface area contributed by atoms with Crippen molar-refractivity contribution in [2.24, 2.45) is 0 Å². The highest BCUT2D eigenvalue weighted by Gasteiger charge is 2.21. The van der Waals surface area contributed by atoms with Gasteiger partial charge in [0, 0.05) is 10.7 Å². The molecule has 0 N–H and O–H groups in total. The van der Waals surface area contributed by atoms with E-state index in [4.69, 9.17) is 15.4 Å². The quantitative estimate of drug-likeness (QED) is 0.786. The minimum Gasteiger partial charge on any atom is -0.495 e. The Morgan fingerprint density at radius 2 is 1.82 bits per heavy atom. The zero-order valence-electron chi connectivity index (χ0n) is 9.17. The molecule has 0 atom stereocenters. The Bertz CT molecular complexity index is 619. The summed E-state index contributed by atoms with van der Waals surface area (Å²) >= 11 is 0. The van der Waals surface area contributed by atoms with Crippen LogP contribution in [-0.2, 0) is 18.9 Å². The molecule has 0 spiro atoms. The van der Waals surface area contributed by atoms with E-state index in [1.54, 1.807) is 0 Å². The molecule has 0 saturated heterocycles. The van der Waals surface area contributed by atoms with E-state index in [0.717, 1.165) is 6.07 Å². The zero-order valence-corrected chi connectivity index (χ0v) is 11.6. The number of rotatable bonds is 4. The van der Waals surface area contributed by atoms with Crippen molar-refractivity contribution in [3.63, 3.8) is 0 Å². The van der Waals surface area contributed by atoms with Gasteiger partial charge in [-0.1, -0.05) is 6.92 Å². The molecular weight excluding hydrogens is 288 g/mol. The average molecular weight is 299 g/mol. The second-order valence-electron chi connectivity index (χ2n) is 3.15. The molecule has 0 saturated carbocycles. The lowest BCUT2D eigenvalue weighted by Gasteiger charge is -2.08. The summed E-state index contributed by atoms with van der Waals surface area (Å²) in [5, 5.41) is 0. The molecule has 0 aliphatic rings. The van der Waals surface area contributed by atoms with Gasteiger partial charge in [0.1, 0.15) is 10.6 Å². The summed E-state index contributed by atoms with van der Waals surface area (Å²) in [7, 11) is -1.06. The van der Waals surface area contributed by atoms with Gasteiger partial charge in [0.15, 0.2) is 9.84 Å². The summed E-state index contributed by atoms with van der Waals surface area (Å²) in [6.07, 6.45) is 0. The molecule has 1 aromatic carbocycles. The molecule has 0 amide bonds. The van der Waals surface area contributed by atoms with Gasteiger partial charge in [-0.25, -0.2) is 16.8 Å². The van der Waals surface area contributed by atoms with Crippen LogP contribution in [0.2, 0.25) is 0 Å². The molecule has 0 bridgehead atoms. The Balaban J connectivity index is 3.55. The van der Waals surface area contributed by atoms with Crippen molar-refractivity contribution in [2.45, 2.75) is 16.7 Å². The summed E-state index contributed by atoms with van der Waals surface area (Å²) in [6, 6.07) is 3.54. The number of ether oxygens (including phenoxy) is 1. The largest absolute Gasteiger partial charge is 0.495 e. The SMILES string of the molecule is CCS(=O)(=O)c1ccc(OC)c(S(=O)(=O)Cl)c1. The van der Waals surface area contributed by atoms with Gasteiger partial charge in [0.25, 0.3) is 9.05 Å². The molecule has 1 rings (SSSR count). The van der Waals surface area contributed by atoms with E-state index >= 15 is 0 Å². The number of hydrogen-bond acceptors (Lipinski definition) is 5. The fraction of sp³-hybridized carbons (Fsp3) is 0.333. The van der Waals surface area contributed by atoms with Crippen molar-refractivity contribution in [1.82, 2.24) is 0 Å². The summed E-state index contributed by atoms with van der Waals surface area (Å²) in [6.45, 7) is 1.47. The molecule has 17 heavy (non-hydrogen) atoms. The van der Waals surface area contributed by atoms with Gasteiger partial charge in [-0.05, 0) is 18.2 Å². The maximum absolute atomic E-state index is 11.6. The Morgan fingerprint density at radius 1 is 1.24 bits per heavy atom. The first kappa shape index (κ1) is 14.3. The van der Waals surface area contributed by atoms with Crippen molar-refractivity contribution >= 4 is 29.6 Å². The molecular formula is C9H11ClO5S2. The molecule has 0 fully saturated rings. The van der Waals surface area contributed by atoms with Gasteiger partial charge in [-0.3, -0.25) is 0 Å². The Labute approximate surface area is 105 Å². The van der Waals surface area contributed by atoms with E-state index in [1.165, 1.54) is 26.2 Å². The molecule has 0 aliphatic carbocycles. The lowest BCUT2D eigenvalue weighted by atomic mass is 10.3. The second kappa shape index (κ2) is 4.83. The van der Waals surface area contributed by atoms with Gasteiger partial charge in [-0.15, -0.1) is 0 Å². The maximum Gasteiger partial charge on any atom is 0.265 e. The highest BCUT2D eigenvalue weighted by molar-refractivity contribution is 8.13. The van der Waals surface area contributed by atoms with Crippen molar-refractivity contribution < 1.29 is 21.6 Å². The maximum atomic E-state index is 11.6. The Morgan fingerprint density at radius 3 is 2.24 bits per heavy atom. The van der Waals surface area contributed by atoms with Gasteiger partial charge >= 0.3 is 0 Å². The molecule has 5 nitrogen and oxygen atoms in total. The van der Waals surface area contributed by atoms with Gasteiger partial charge < -0.3 is 4.74 Å². The average Bonchev–Trinajstić information content (AvgIpc) is 2.27. The molecule has 0 aromatic heterocycles. The fourth-order valence-electron chi connectivity index (χ4n) is 1.21. The van der Waals surface area contributed by atoms with Crippen LogP contribution < -0.4 is 4.74 Å². The first-order valence-corrected chi connectivity index (χ1v) is 8.54. The number of benzene rings is 1. The summed E-state index contributed by atoms with van der Waals surface area (Å²) in [5.74, 6) is -0.115. The predicted molar refractivity (Wildman–Crippen MR) is 63.8 cm³/mol. The normalized spacial score (nSPS) is 12.4. The standard InChI is InChI=1S/C9H11ClO5S2/c1-3-16(11,12)7-4-5-8(15-2)9(6-7)17(10,13)14/h4-6H,3H2,1-2H3. The van der Waals surface area contributed by atoms with Gasteiger partial charge in [0.2, 0.25) is 0 Å². The van der Waals surface area contributed by atoms with Crippen LogP contribution in [-0.4, -0.2) is 29.7 Å². The van der Waals surface area contributed by atoms with Crippen molar-refractivity contribution in [1.29, 1.82) is 0 Å².